The van der Waals surface area contributed by atoms with Crippen molar-refractivity contribution in [3.05, 3.63) is 94.7 Å². The van der Waals surface area contributed by atoms with E-state index in [1.165, 1.54) is 6.07 Å². The van der Waals surface area contributed by atoms with Crippen LogP contribution >= 0.6 is 0 Å². The first-order valence-corrected chi connectivity index (χ1v) is 9.55. The zero-order valence-corrected chi connectivity index (χ0v) is 16.6. The minimum absolute atomic E-state index is 0.0919. The average Bonchev–Trinajstić information content (AvgIpc) is 3.19. The minimum atomic E-state index is -4.90. The normalized spacial score (nSPS) is 12.0. The first kappa shape index (κ1) is 19.9. The summed E-state index contributed by atoms with van der Waals surface area (Å²) in [5.74, 6) is -1.40. The van der Waals surface area contributed by atoms with E-state index >= 15 is 0 Å². The van der Waals surface area contributed by atoms with E-state index in [2.05, 4.69) is 9.97 Å². The Hall–Kier alpha value is -4.01. The van der Waals surface area contributed by atoms with E-state index in [9.17, 15) is 22.4 Å². The molecule has 2 aromatic carbocycles. The molecule has 0 aliphatic rings. The zero-order chi connectivity index (χ0) is 22.6. The van der Waals surface area contributed by atoms with Crippen LogP contribution in [0.2, 0.25) is 0 Å². The lowest BCUT2D eigenvalue weighted by Crippen LogP contribution is -2.19. The van der Waals surface area contributed by atoms with Crippen LogP contribution in [-0.4, -0.2) is 19.1 Å². The molecule has 9 heteroatoms. The molecule has 3 aromatic heterocycles. The lowest BCUT2D eigenvalue weighted by atomic mass is 10.1. The number of alkyl halides is 3. The van der Waals surface area contributed by atoms with Gasteiger partial charge in [-0.1, -0.05) is 0 Å². The highest BCUT2D eigenvalue weighted by Crippen LogP contribution is 2.33. The number of benzene rings is 2. The molecule has 0 bridgehead atoms. The van der Waals surface area contributed by atoms with Crippen molar-refractivity contribution in [3.8, 4) is 11.4 Å². The van der Waals surface area contributed by atoms with Gasteiger partial charge in [0, 0.05) is 34.9 Å². The fraction of sp³-hybridized carbons (Fsp3) is 0.0870. The van der Waals surface area contributed by atoms with Gasteiger partial charge in [0.25, 0.3) is 5.56 Å². The molecule has 0 saturated heterocycles. The quantitative estimate of drug-likeness (QED) is 0.282. The maximum Gasteiger partial charge on any atom is 0.419 e. The van der Waals surface area contributed by atoms with Gasteiger partial charge in [0.2, 0.25) is 0 Å². The Kier molecular flexibility index (Phi) is 4.37. The lowest BCUT2D eigenvalue weighted by molar-refractivity contribution is -0.140. The van der Waals surface area contributed by atoms with Gasteiger partial charge in [0.05, 0.1) is 34.3 Å². The molecular weight excluding hydrogens is 424 g/mol. The first-order chi connectivity index (χ1) is 15.2. The van der Waals surface area contributed by atoms with Gasteiger partial charge in [-0.05, 0) is 49.4 Å². The van der Waals surface area contributed by atoms with Crippen LogP contribution in [0.25, 0.3) is 33.2 Å². The van der Waals surface area contributed by atoms with Crippen LogP contribution in [0.4, 0.5) is 17.6 Å². The highest BCUT2D eigenvalue weighted by molar-refractivity contribution is 6.04. The summed E-state index contributed by atoms with van der Waals surface area (Å²) < 4.78 is 56.7. The molecule has 160 valence electrons. The summed E-state index contributed by atoms with van der Waals surface area (Å²) in [5.41, 5.74) is 0.400. The van der Waals surface area contributed by atoms with Crippen molar-refractivity contribution in [1.82, 2.24) is 19.1 Å². The van der Waals surface area contributed by atoms with E-state index in [0.29, 0.717) is 33.9 Å². The van der Waals surface area contributed by atoms with Crippen molar-refractivity contribution < 1.29 is 17.6 Å². The van der Waals surface area contributed by atoms with Crippen LogP contribution in [0.1, 0.15) is 11.3 Å². The summed E-state index contributed by atoms with van der Waals surface area (Å²) in [6, 6.07) is 10.7. The summed E-state index contributed by atoms with van der Waals surface area (Å²) in [6.07, 6.45) is 0.104. The van der Waals surface area contributed by atoms with Gasteiger partial charge in [-0.3, -0.25) is 14.3 Å². The number of aryl methyl sites for hydroxylation is 1. The SMILES string of the molecule is Cc1cn(-c2ccc3ncc4ccc(=O)n(-c5ccc(F)c(C(F)(F)F)c5)c4c3c2)cn1. The van der Waals surface area contributed by atoms with Crippen molar-refractivity contribution in [2.75, 3.05) is 0 Å². The van der Waals surface area contributed by atoms with Gasteiger partial charge < -0.3 is 4.57 Å². The van der Waals surface area contributed by atoms with Crippen LogP contribution in [0.5, 0.6) is 0 Å². The Balaban J connectivity index is 1.86. The number of nitrogens with zero attached hydrogens (tertiary/aromatic N) is 4. The Morgan fingerprint density at radius 2 is 1.72 bits per heavy atom. The standard InChI is InChI=1S/C23H14F4N4O/c1-13-11-30(12-29-13)15-4-6-20-17(8-15)22-14(10-28-20)2-7-21(32)31(22)16-3-5-19(24)18(9-16)23(25,26)27/h2-12H,1H3. The molecule has 0 atom stereocenters. The van der Waals surface area contributed by atoms with E-state index < -0.39 is 23.1 Å². The maximum atomic E-state index is 13.9. The van der Waals surface area contributed by atoms with E-state index in [1.54, 1.807) is 35.3 Å². The number of pyridine rings is 2. The van der Waals surface area contributed by atoms with Gasteiger partial charge in [0.1, 0.15) is 5.82 Å². The summed E-state index contributed by atoms with van der Waals surface area (Å²) in [4.78, 5) is 21.4. The third kappa shape index (κ3) is 3.22. The Morgan fingerprint density at radius 1 is 0.938 bits per heavy atom. The topological polar surface area (TPSA) is 52.7 Å². The van der Waals surface area contributed by atoms with Crippen LogP contribution in [0.3, 0.4) is 0 Å². The van der Waals surface area contributed by atoms with Gasteiger partial charge >= 0.3 is 6.18 Å². The Morgan fingerprint density at radius 3 is 2.44 bits per heavy atom. The van der Waals surface area contributed by atoms with Gasteiger partial charge in [0.15, 0.2) is 0 Å². The lowest BCUT2D eigenvalue weighted by Gasteiger charge is -2.15. The second-order valence-electron chi connectivity index (χ2n) is 7.35. The predicted molar refractivity (Wildman–Crippen MR) is 112 cm³/mol. The van der Waals surface area contributed by atoms with E-state index in [0.717, 1.165) is 22.0 Å². The molecule has 32 heavy (non-hydrogen) atoms. The zero-order valence-electron chi connectivity index (χ0n) is 16.6. The highest BCUT2D eigenvalue weighted by Gasteiger charge is 2.34. The number of rotatable bonds is 2. The number of hydrogen-bond donors (Lipinski definition) is 0. The Bertz CT molecular complexity index is 1570. The third-order valence-corrected chi connectivity index (χ3v) is 5.22. The molecule has 0 amide bonds. The van der Waals surface area contributed by atoms with Crippen molar-refractivity contribution in [2.45, 2.75) is 13.1 Å². The molecule has 5 nitrogen and oxygen atoms in total. The number of fused-ring (bicyclic) bond motifs is 3. The molecule has 0 fully saturated rings. The molecule has 0 aliphatic heterocycles. The fourth-order valence-corrected chi connectivity index (χ4v) is 3.75. The van der Waals surface area contributed by atoms with E-state index in [1.807, 2.05) is 19.2 Å². The van der Waals surface area contributed by atoms with Crippen LogP contribution in [0, 0.1) is 12.7 Å². The summed E-state index contributed by atoms with van der Waals surface area (Å²) in [6.45, 7) is 1.85. The molecular formula is C23H14F4N4O. The second kappa shape index (κ2) is 7.01. The number of hydrogen-bond acceptors (Lipinski definition) is 3. The van der Waals surface area contributed by atoms with Gasteiger partial charge in [-0.15, -0.1) is 0 Å². The summed E-state index contributed by atoms with van der Waals surface area (Å²) >= 11 is 0. The van der Waals surface area contributed by atoms with Crippen LogP contribution in [0.15, 0.2) is 72.0 Å². The van der Waals surface area contributed by atoms with Crippen molar-refractivity contribution >= 4 is 21.8 Å². The monoisotopic (exact) mass is 438 g/mol. The number of imidazole rings is 1. The highest BCUT2D eigenvalue weighted by atomic mass is 19.4. The fourth-order valence-electron chi connectivity index (χ4n) is 3.75. The van der Waals surface area contributed by atoms with E-state index in [4.69, 9.17) is 0 Å². The largest absolute Gasteiger partial charge is 0.419 e. The molecule has 0 unspecified atom stereocenters. The predicted octanol–water partition coefficient (Wildman–Crippen LogP) is 5.19. The first-order valence-electron chi connectivity index (χ1n) is 9.55. The molecule has 0 radical (unpaired) electrons. The van der Waals surface area contributed by atoms with Crippen molar-refractivity contribution in [2.24, 2.45) is 0 Å². The molecule has 3 heterocycles. The molecule has 0 aliphatic carbocycles. The smallest absolute Gasteiger partial charge is 0.306 e. The minimum Gasteiger partial charge on any atom is -0.306 e. The van der Waals surface area contributed by atoms with Crippen LogP contribution < -0.4 is 5.56 Å². The maximum absolute atomic E-state index is 13.9. The van der Waals surface area contributed by atoms with Gasteiger partial charge in [-0.25, -0.2) is 9.37 Å². The van der Waals surface area contributed by atoms with Crippen molar-refractivity contribution in [3.63, 3.8) is 0 Å². The number of halogens is 4. The van der Waals surface area contributed by atoms with E-state index in [-0.39, 0.29) is 5.69 Å². The third-order valence-electron chi connectivity index (χ3n) is 5.22. The Labute approximate surface area is 178 Å². The van der Waals surface area contributed by atoms with Crippen molar-refractivity contribution in [1.29, 1.82) is 0 Å². The molecule has 0 spiro atoms. The average molecular weight is 438 g/mol. The molecule has 0 saturated carbocycles. The second-order valence-corrected chi connectivity index (χ2v) is 7.35. The molecule has 0 N–H and O–H groups in total. The number of aromatic nitrogens is 4. The molecule has 5 rings (SSSR count). The van der Waals surface area contributed by atoms with Crippen LogP contribution in [-0.2, 0) is 6.18 Å². The summed E-state index contributed by atoms with van der Waals surface area (Å²) in [7, 11) is 0. The summed E-state index contributed by atoms with van der Waals surface area (Å²) in [5, 5.41) is 1.11. The van der Waals surface area contributed by atoms with Gasteiger partial charge in [-0.2, -0.15) is 13.2 Å². The molecule has 5 aromatic rings.